The first-order valence-corrected chi connectivity index (χ1v) is 10.6. The van der Waals surface area contributed by atoms with E-state index >= 15 is 0 Å². The fourth-order valence-electron chi connectivity index (χ4n) is 4.55. The lowest BCUT2D eigenvalue weighted by atomic mass is 9.73. The molecule has 0 spiro atoms. The summed E-state index contributed by atoms with van der Waals surface area (Å²) in [6, 6.07) is 5.61. The van der Waals surface area contributed by atoms with Gasteiger partial charge in [-0.3, -0.25) is 14.5 Å². The highest BCUT2D eigenvalue weighted by atomic mass is 16.5. The third kappa shape index (κ3) is 3.51. The quantitative estimate of drug-likeness (QED) is 0.647. The van der Waals surface area contributed by atoms with Crippen molar-refractivity contribution in [2.45, 2.75) is 44.4 Å². The molecule has 1 saturated carbocycles. The first-order chi connectivity index (χ1) is 14.5. The molecular formula is C22H26N6O2. The van der Waals surface area contributed by atoms with Crippen molar-refractivity contribution in [1.29, 1.82) is 0 Å². The molecule has 2 fully saturated rings. The molecule has 8 nitrogen and oxygen atoms in total. The average Bonchev–Trinajstić information content (AvgIpc) is 3.29. The molecule has 0 radical (unpaired) electrons. The standard InChI is InChI=1S/C22H26N6O2/c1-15-13-18(27(2)25-15)20(29)28-11-7-22(8-12-28,14-16-3-4-16)21-24-19(30-26-21)17-5-9-23-10-6-17/h5-6,9-10,13,16H,3-4,7-8,11-12,14H2,1-2H3. The number of piperidine rings is 1. The van der Waals surface area contributed by atoms with Crippen LogP contribution < -0.4 is 0 Å². The maximum absolute atomic E-state index is 13.0. The number of pyridine rings is 1. The summed E-state index contributed by atoms with van der Waals surface area (Å²) >= 11 is 0. The van der Waals surface area contributed by atoms with Crippen LogP contribution in [0.3, 0.4) is 0 Å². The molecule has 4 heterocycles. The highest BCUT2D eigenvalue weighted by Gasteiger charge is 2.45. The maximum Gasteiger partial charge on any atom is 0.272 e. The molecule has 0 aromatic carbocycles. The SMILES string of the molecule is Cc1cc(C(=O)N2CCC(CC3CC3)(c3noc(-c4ccncc4)n3)CC2)n(C)n1. The van der Waals surface area contributed by atoms with Gasteiger partial charge in [0.05, 0.1) is 5.69 Å². The zero-order chi connectivity index (χ0) is 20.7. The van der Waals surface area contributed by atoms with Crippen molar-refractivity contribution in [3.8, 4) is 11.5 Å². The topological polar surface area (TPSA) is 89.9 Å². The molecule has 1 saturated heterocycles. The van der Waals surface area contributed by atoms with Gasteiger partial charge in [0.15, 0.2) is 5.82 Å². The highest BCUT2D eigenvalue weighted by Crippen LogP contribution is 2.47. The number of hydrogen-bond acceptors (Lipinski definition) is 6. The minimum absolute atomic E-state index is 0.0451. The van der Waals surface area contributed by atoms with Crippen LogP contribution in [0.1, 0.15) is 54.1 Å². The molecule has 156 valence electrons. The van der Waals surface area contributed by atoms with E-state index in [-0.39, 0.29) is 11.3 Å². The molecule has 8 heteroatoms. The van der Waals surface area contributed by atoms with E-state index in [2.05, 4.69) is 15.2 Å². The van der Waals surface area contributed by atoms with Gasteiger partial charge in [0.25, 0.3) is 11.8 Å². The Kier molecular flexibility index (Phi) is 4.64. The van der Waals surface area contributed by atoms with Crippen LogP contribution in [0.15, 0.2) is 35.1 Å². The van der Waals surface area contributed by atoms with Crippen LogP contribution in [0, 0.1) is 12.8 Å². The molecule has 5 rings (SSSR count). The van der Waals surface area contributed by atoms with Gasteiger partial charge in [0, 0.05) is 43.5 Å². The number of hydrogen-bond donors (Lipinski definition) is 0. The summed E-state index contributed by atoms with van der Waals surface area (Å²) < 4.78 is 7.28. The average molecular weight is 406 g/mol. The summed E-state index contributed by atoms with van der Waals surface area (Å²) in [5.41, 5.74) is 2.25. The van der Waals surface area contributed by atoms with Gasteiger partial charge in [-0.1, -0.05) is 18.0 Å². The number of nitrogens with zero attached hydrogens (tertiary/aromatic N) is 6. The number of aromatic nitrogens is 5. The predicted molar refractivity (Wildman–Crippen MR) is 110 cm³/mol. The second-order valence-corrected chi connectivity index (χ2v) is 8.67. The number of carbonyl (C=O) groups is 1. The Morgan fingerprint density at radius 3 is 2.60 bits per heavy atom. The van der Waals surface area contributed by atoms with E-state index in [1.165, 1.54) is 12.8 Å². The Labute approximate surface area is 175 Å². The summed E-state index contributed by atoms with van der Waals surface area (Å²) in [7, 11) is 1.82. The van der Waals surface area contributed by atoms with Crippen LogP contribution in [0.5, 0.6) is 0 Å². The van der Waals surface area contributed by atoms with Crippen LogP contribution in [0.4, 0.5) is 0 Å². The molecular weight excluding hydrogens is 380 g/mol. The Bertz CT molecular complexity index is 1040. The van der Waals surface area contributed by atoms with Crippen LogP contribution in [0.2, 0.25) is 0 Å². The van der Waals surface area contributed by atoms with Crippen molar-refractivity contribution in [3.05, 3.63) is 47.8 Å². The molecule has 0 N–H and O–H groups in total. The number of likely N-dealkylation sites (tertiary alicyclic amines) is 1. The third-order valence-corrected chi connectivity index (χ3v) is 6.43. The van der Waals surface area contributed by atoms with Crippen LogP contribution >= 0.6 is 0 Å². The lowest BCUT2D eigenvalue weighted by Gasteiger charge is -2.40. The van der Waals surface area contributed by atoms with Crippen molar-refractivity contribution in [3.63, 3.8) is 0 Å². The Morgan fingerprint density at radius 1 is 1.23 bits per heavy atom. The van der Waals surface area contributed by atoms with Crippen molar-refractivity contribution >= 4 is 5.91 Å². The van der Waals surface area contributed by atoms with Crippen LogP contribution in [0.25, 0.3) is 11.5 Å². The zero-order valence-corrected chi connectivity index (χ0v) is 17.4. The molecule has 2 aliphatic rings. The van der Waals surface area contributed by atoms with E-state index in [1.54, 1.807) is 17.1 Å². The molecule has 0 unspecified atom stereocenters. The van der Waals surface area contributed by atoms with Crippen molar-refractivity contribution in [2.75, 3.05) is 13.1 Å². The first-order valence-electron chi connectivity index (χ1n) is 10.6. The molecule has 1 amide bonds. The Balaban J connectivity index is 1.37. The van der Waals surface area contributed by atoms with E-state index in [1.807, 2.05) is 37.1 Å². The van der Waals surface area contributed by atoms with Gasteiger partial charge < -0.3 is 9.42 Å². The largest absolute Gasteiger partial charge is 0.337 e. The summed E-state index contributed by atoms with van der Waals surface area (Å²) in [5.74, 6) is 2.09. The molecule has 3 aromatic rings. The number of amides is 1. The van der Waals surface area contributed by atoms with Crippen LogP contribution in [-0.4, -0.2) is 48.8 Å². The molecule has 30 heavy (non-hydrogen) atoms. The normalized spacial score (nSPS) is 18.5. The summed E-state index contributed by atoms with van der Waals surface area (Å²) in [6.45, 7) is 3.29. The van der Waals surface area contributed by atoms with Gasteiger partial charge >= 0.3 is 0 Å². The smallest absolute Gasteiger partial charge is 0.272 e. The van der Waals surface area contributed by atoms with Gasteiger partial charge in [-0.05, 0) is 50.3 Å². The summed E-state index contributed by atoms with van der Waals surface area (Å²) in [5, 5.41) is 8.71. The van der Waals surface area contributed by atoms with E-state index in [0.29, 0.717) is 24.7 Å². The number of aryl methyl sites for hydroxylation is 2. The molecule has 1 aliphatic heterocycles. The molecule has 3 aromatic heterocycles. The van der Waals surface area contributed by atoms with Gasteiger partial charge in [-0.2, -0.15) is 10.1 Å². The lowest BCUT2D eigenvalue weighted by Crippen LogP contribution is -2.46. The van der Waals surface area contributed by atoms with Gasteiger partial charge in [-0.15, -0.1) is 0 Å². The van der Waals surface area contributed by atoms with E-state index in [9.17, 15) is 4.79 Å². The van der Waals surface area contributed by atoms with E-state index in [4.69, 9.17) is 9.51 Å². The maximum atomic E-state index is 13.0. The molecule has 1 aliphatic carbocycles. The van der Waals surface area contributed by atoms with Crippen molar-refractivity contribution in [1.82, 2.24) is 29.8 Å². The van der Waals surface area contributed by atoms with Gasteiger partial charge in [-0.25, -0.2) is 0 Å². The number of carbonyl (C=O) groups excluding carboxylic acids is 1. The highest BCUT2D eigenvalue weighted by molar-refractivity contribution is 5.92. The molecule has 0 bridgehead atoms. The second-order valence-electron chi connectivity index (χ2n) is 8.67. The fourth-order valence-corrected chi connectivity index (χ4v) is 4.55. The fraction of sp³-hybridized carbons (Fsp3) is 0.500. The summed E-state index contributed by atoms with van der Waals surface area (Å²) in [4.78, 5) is 23.8. The predicted octanol–water partition coefficient (Wildman–Crippen LogP) is 3.15. The molecule has 0 atom stereocenters. The minimum Gasteiger partial charge on any atom is -0.337 e. The minimum atomic E-state index is -0.130. The Hall–Kier alpha value is -3.03. The Morgan fingerprint density at radius 2 is 1.97 bits per heavy atom. The van der Waals surface area contributed by atoms with E-state index in [0.717, 1.165) is 42.3 Å². The van der Waals surface area contributed by atoms with Crippen LogP contribution in [-0.2, 0) is 12.5 Å². The second kappa shape index (κ2) is 7.34. The van der Waals surface area contributed by atoms with Gasteiger partial charge in [0.1, 0.15) is 5.69 Å². The van der Waals surface area contributed by atoms with E-state index < -0.39 is 0 Å². The third-order valence-electron chi connectivity index (χ3n) is 6.43. The lowest BCUT2D eigenvalue weighted by molar-refractivity contribution is 0.0634. The number of rotatable bonds is 5. The zero-order valence-electron chi connectivity index (χ0n) is 17.4. The van der Waals surface area contributed by atoms with Crippen molar-refractivity contribution < 1.29 is 9.32 Å². The van der Waals surface area contributed by atoms with Gasteiger partial charge in [0.2, 0.25) is 0 Å². The summed E-state index contributed by atoms with van der Waals surface area (Å²) in [6.07, 6.45) is 8.76. The first kappa shape index (κ1) is 19.0. The monoisotopic (exact) mass is 406 g/mol. The van der Waals surface area contributed by atoms with Crippen molar-refractivity contribution in [2.24, 2.45) is 13.0 Å².